The Balaban J connectivity index is 4.55. The van der Waals surface area contributed by atoms with Crippen LogP contribution in [0.1, 0.15) is 6.42 Å². The highest BCUT2D eigenvalue weighted by atomic mass is 32.2. The van der Waals surface area contributed by atoms with Crippen LogP contribution in [-0.4, -0.2) is 59.3 Å². The lowest BCUT2D eigenvalue weighted by atomic mass is 9.96. The van der Waals surface area contributed by atoms with Crippen molar-refractivity contribution >= 4 is 17.7 Å². The molecule has 0 aliphatic heterocycles. The molecule has 0 heterocycles. The maximum atomic E-state index is 11.0. The predicted molar refractivity (Wildman–Crippen MR) is 54.1 cm³/mol. The number of carboxylic acids is 1. The zero-order valence-electron chi connectivity index (χ0n) is 8.28. The summed E-state index contributed by atoms with van der Waals surface area (Å²) in [7, 11) is 3.34. The molecule has 0 aliphatic carbocycles. The van der Waals surface area contributed by atoms with Crippen LogP contribution in [0.4, 0.5) is 0 Å². The van der Waals surface area contributed by atoms with Gasteiger partial charge in [-0.05, 0) is 32.5 Å². The zero-order valence-corrected chi connectivity index (χ0v) is 9.10. The molecule has 0 bridgehead atoms. The fourth-order valence-corrected chi connectivity index (χ4v) is 1.62. The van der Waals surface area contributed by atoms with Crippen LogP contribution in [-0.2, 0) is 4.79 Å². The molecule has 1 atom stereocenters. The van der Waals surface area contributed by atoms with Crippen LogP contribution in [0.25, 0.3) is 0 Å². The van der Waals surface area contributed by atoms with E-state index in [1.54, 1.807) is 30.8 Å². The van der Waals surface area contributed by atoms with Crippen LogP contribution in [0.5, 0.6) is 0 Å². The molecule has 78 valence electrons. The fraction of sp³-hybridized carbons (Fsp3) is 0.875. The van der Waals surface area contributed by atoms with E-state index in [9.17, 15) is 4.79 Å². The summed E-state index contributed by atoms with van der Waals surface area (Å²) in [5, 5.41) is 18.1. The van der Waals surface area contributed by atoms with Crippen molar-refractivity contribution in [1.29, 1.82) is 0 Å². The topological polar surface area (TPSA) is 60.8 Å². The summed E-state index contributed by atoms with van der Waals surface area (Å²) < 4.78 is 0. The Morgan fingerprint density at radius 3 is 2.31 bits per heavy atom. The van der Waals surface area contributed by atoms with E-state index in [4.69, 9.17) is 10.2 Å². The Labute approximate surface area is 82.9 Å². The molecule has 0 aromatic rings. The van der Waals surface area contributed by atoms with E-state index < -0.39 is 11.5 Å². The van der Waals surface area contributed by atoms with E-state index in [-0.39, 0.29) is 6.61 Å². The molecule has 0 rings (SSSR count). The van der Waals surface area contributed by atoms with E-state index in [1.165, 1.54) is 0 Å². The first-order valence-electron chi connectivity index (χ1n) is 4.02. The van der Waals surface area contributed by atoms with Gasteiger partial charge in [-0.1, -0.05) is 0 Å². The van der Waals surface area contributed by atoms with Gasteiger partial charge in [0, 0.05) is 0 Å². The summed E-state index contributed by atoms with van der Waals surface area (Å²) in [6.45, 7) is -0.351. The number of aliphatic hydroxyl groups excluding tert-OH is 1. The van der Waals surface area contributed by atoms with Crippen molar-refractivity contribution in [3.05, 3.63) is 0 Å². The number of carboxylic acid groups (broad SMARTS) is 1. The molecule has 0 unspecified atom stereocenters. The van der Waals surface area contributed by atoms with Gasteiger partial charge >= 0.3 is 5.97 Å². The molecule has 0 aromatic heterocycles. The Morgan fingerprint density at radius 2 is 2.08 bits per heavy atom. The number of nitrogens with zero attached hydrogens (tertiary/aromatic N) is 1. The van der Waals surface area contributed by atoms with Crippen molar-refractivity contribution in [2.24, 2.45) is 0 Å². The van der Waals surface area contributed by atoms with Gasteiger partial charge in [-0.25, -0.2) is 0 Å². The third-order valence-corrected chi connectivity index (χ3v) is 2.85. The number of aliphatic hydroxyl groups is 1. The highest BCUT2D eigenvalue weighted by Gasteiger charge is 2.39. The summed E-state index contributed by atoms with van der Waals surface area (Å²) in [5.74, 6) is -0.237. The number of thioether (sulfide) groups is 1. The van der Waals surface area contributed by atoms with Crippen molar-refractivity contribution in [3.63, 3.8) is 0 Å². The highest BCUT2D eigenvalue weighted by molar-refractivity contribution is 7.98. The molecule has 0 saturated heterocycles. The van der Waals surface area contributed by atoms with E-state index in [1.807, 2.05) is 6.26 Å². The average molecular weight is 207 g/mol. The third-order valence-electron chi connectivity index (χ3n) is 2.24. The van der Waals surface area contributed by atoms with Gasteiger partial charge in [-0.2, -0.15) is 11.8 Å². The van der Waals surface area contributed by atoms with Gasteiger partial charge in [0.05, 0.1) is 6.61 Å². The predicted octanol–water partition coefficient (Wildman–Crippen LogP) is 0.117. The second kappa shape index (κ2) is 5.47. The number of hydrogen-bond acceptors (Lipinski definition) is 4. The molecule has 0 aliphatic rings. The van der Waals surface area contributed by atoms with Gasteiger partial charge in [0.2, 0.25) is 0 Å². The third kappa shape index (κ3) is 2.86. The summed E-state index contributed by atoms with van der Waals surface area (Å²) in [6, 6.07) is 0. The SMILES string of the molecule is CSCC[C@@](CO)(C(=O)O)N(C)C. The van der Waals surface area contributed by atoms with Crippen molar-refractivity contribution in [3.8, 4) is 0 Å². The van der Waals surface area contributed by atoms with Crippen molar-refractivity contribution < 1.29 is 15.0 Å². The molecule has 0 fully saturated rings. The van der Waals surface area contributed by atoms with Crippen LogP contribution in [0.3, 0.4) is 0 Å². The minimum absolute atomic E-state index is 0.351. The minimum Gasteiger partial charge on any atom is -0.480 e. The Hall–Kier alpha value is -0.260. The van der Waals surface area contributed by atoms with Gasteiger partial charge < -0.3 is 10.2 Å². The Bertz CT molecular complexity index is 175. The molecule has 2 N–H and O–H groups in total. The number of aliphatic carboxylic acids is 1. The molecule has 0 saturated carbocycles. The molecule has 5 heteroatoms. The molecular weight excluding hydrogens is 190 g/mol. The summed E-state index contributed by atoms with van der Waals surface area (Å²) >= 11 is 1.58. The monoisotopic (exact) mass is 207 g/mol. The number of likely N-dealkylation sites (N-methyl/N-ethyl adjacent to an activating group) is 1. The molecule has 0 aromatic carbocycles. The fourth-order valence-electron chi connectivity index (χ4n) is 1.08. The number of hydrogen-bond donors (Lipinski definition) is 2. The maximum absolute atomic E-state index is 11.0. The second-order valence-electron chi connectivity index (χ2n) is 3.13. The first kappa shape index (κ1) is 12.7. The molecule has 0 radical (unpaired) electrons. The maximum Gasteiger partial charge on any atom is 0.326 e. The van der Waals surface area contributed by atoms with Crippen LogP contribution >= 0.6 is 11.8 Å². The molecule has 13 heavy (non-hydrogen) atoms. The normalized spacial score (nSPS) is 15.8. The standard InChI is InChI=1S/C8H17NO3S/c1-9(2)8(6-10,7(11)12)4-5-13-3/h10H,4-6H2,1-3H3,(H,11,12)/t8-/m1/s1. The zero-order chi connectivity index (χ0) is 10.5. The van der Waals surface area contributed by atoms with Crippen LogP contribution in [0, 0.1) is 0 Å². The number of carbonyl (C=O) groups is 1. The lowest BCUT2D eigenvalue weighted by Crippen LogP contribution is -2.54. The van der Waals surface area contributed by atoms with E-state index >= 15 is 0 Å². The molecular formula is C8H17NO3S. The van der Waals surface area contributed by atoms with Crippen LogP contribution < -0.4 is 0 Å². The quantitative estimate of drug-likeness (QED) is 0.647. The van der Waals surface area contributed by atoms with Gasteiger partial charge in [-0.15, -0.1) is 0 Å². The smallest absolute Gasteiger partial charge is 0.326 e. The molecule has 0 amide bonds. The van der Waals surface area contributed by atoms with Gasteiger partial charge in [0.1, 0.15) is 5.54 Å². The first-order valence-corrected chi connectivity index (χ1v) is 5.41. The van der Waals surface area contributed by atoms with E-state index in [0.717, 1.165) is 5.75 Å². The number of rotatable bonds is 6. The second-order valence-corrected chi connectivity index (χ2v) is 4.12. The van der Waals surface area contributed by atoms with E-state index in [0.29, 0.717) is 6.42 Å². The summed E-state index contributed by atoms with van der Waals surface area (Å²) in [6.07, 6.45) is 2.37. The molecule has 4 nitrogen and oxygen atoms in total. The Morgan fingerprint density at radius 1 is 1.54 bits per heavy atom. The lowest BCUT2D eigenvalue weighted by molar-refractivity contribution is -0.152. The van der Waals surface area contributed by atoms with Gasteiger partial charge in [-0.3, -0.25) is 9.69 Å². The van der Waals surface area contributed by atoms with Gasteiger partial charge in [0.25, 0.3) is 0 Å². The highest BCUT2D eigenvalue weighted by Crippen LogP contribution is 2.19. The lowest BCUT2D eigenvalue weighted by Gasteiger charge is -2.33. The van der Waals surface area contributed by atoms with Crippen molar-refractivity contribution in [2.75, 3.05) is 32.7 Å². The van der Waals surface area contributed by atoms with Gasteiger partial charge in [0.15, 0.2) is 0 Å². The van der Waals surface area contributed by atoms with E-state index in [2.05, 4.69) is 0 Å². The first-order chi connectivity index (χ1) is 6.01. The van der Waals surface area contributed by atoms with Crippen LogP contribution in [0.2, 0.25) is 0 Å². The Kier molecular flexibility index (Phi) is 5.36. The van der Waals surface area contributed by atoms with Crippen molar-refractivity contribution in [1.82, 2.24) is 4.90 Å². The van der Waals surface area contributed by atoms with Crippen LogP contribution in [0.15, 0.2) is 0 Å². The van der Waals surface area contributed by atoms with Crippen molar-refractivity contribution in [2.45, 2.75) is 12.0 Å². The average Bonchev–Trinajstić information content (AvgIpc) is 2.05. The largest absolute Gasteiger partial charge is 0.480 e. The summed E-state index contributed by atoms with van der Waals surface area (Å²) in [5.41, 5.74) is -1.12. The molecule has 0 spiro atoms. The minimum atomic E-state index is -1.12. The summed E-state index contributed by atoms with van der Waals surface area (Å²) in [4.78, 5) is 12.5.